The molecule has 1 fully saturated rings. The first-order valence-electron chi connectivity index (χ1n) is 11.0. The summed E-state index contributed by atoms with van der Waals surface area (Å²) in [7, 11) is -2.18. The smallest absolute Gasteiger partial charge is 0.275 e. The summed E-state index contributed by atoms with van der Waals surface area (Å²) in [6, 6.07) is 15.7. The highest BCUT2D eigenvalue weighted by atomic mass is 32.2. The van der Waals surface area contributed by atoms with E-state index in [1.54, 1.807) is 36.4 Å². The van der Waals surface area contributed by atoms with Gasteiger partial charge in [-0.3, -0.25) is 14.4 Å². The molecule has 1 aliphatic heterocycles. The van der Waals surface area contributed by atoms with Crippen molar-refractivity contribution in [2.24, 2.45) is 0 Å². The lowest BCUT2D eigenvalue weighted by Gasteiger charge is -2.33. The quantitative estimate of drug-likeness (QED) is 0.542. The van der Waals surface area contributed by atoms with Crippen LogP contribution < -0.4 is 10.9 Å². The number of rotatable bonds is 6. The molecule has 0 atom stereocenters. The second-order valence-electron chi connectivity index (χ2n) is 7.97. The molecule has 2 amide bonds. The zero-order chi connectivity index (χ0) is 25.0. The first-order valence-corrected chi connectivity index (χ1v) is 12.5. The molecule has 1 aliphatic rings. The topological polar surface area (TPSA) is 122 Å². The van der Waals surface area contributed by atoms with E-state index in [9.17, 15) is 22.8 Å². The van der Waals surface area contributed by atoms with Crippen LogP contribution in [0.3, 0.4) is 0 Å². The number of hydrogen-bond acceptors (Lipinski definition) is 6. The zero-order valence-corrected chi connectivity index (χ0v) is 19.9. The molecular formula is C24H25N5O5S. The summed E-state index contributed by atoms with van der Waals surface area (Å²) in [5.74, 6) is -0.848. The lowest BCUT2D eigenvalue weighted by Crippen LogP contribution is -2.51. The second kappa shape index (κ2) is 10.2. The van der Waals surface area contributed by atoms with Crippen molar-refractivity contribution in [2.75, 3.05) is 33.2 Å². The second-order valence-corrected chi connectivity index (χ2v) is 9.79. The molecule has 4 rings (SSSR count). The number of hydrogen-bond donors (Lipinski definition) is 1. The standard InChI is InChI=1S/C24H25N5O5S/c1-25-23(31)22-19-9-5-6-10-20(19)24(32)29(26-22)17-21(30)27-12-14-28(15-13-27)35(33,34)16-11-18-7-3-2-4-8-18/h2-11,16H,12-15,17H2,1H3,(H,25,31)/b16-11+. The number of benzene rings is 2. The summed E-state index contributed by atoms with van der Waals surface area (Å²) < 4.78 is 27.6. The van der Waals surface area contributed by atoms with Crippen molar-refractivity contribution >= 4 is 38.7 Å². The van der Waals surface area contributed by atoms with Crippen molar-refractivity contribution < 1.29 is 18.0 Å². The van der Waals surface area contributed by atoms with Gasteiger partial charge in [0.05, 0.1) is 5.39 Å². The number of fused-ring (bicyclic) bond motifs is 1. The van der Waals surface area contributed by atoms with E-state index in [1.165, 1.54) is 27.7 Å². The van der Waals surface area contributed by atoms with Crippen LogP contribution in [-0.2, 0) is 21.4 Å². The van der Waals surface area contributed by atoms with Crippen LogP contribution in [0.15, 0.2) is 64.8 Å². The van der Waals surface area contributed by atoms with Gasteiger partial charge in [0.25, 0.3) is 11.5 Å². The van der Waals surface area contributed by atoms with Crippen molar-refractivity contribution in [3.63, 3.8) is 0 Å². The molecule has 10 nitrogen and oxygen atoms in total. The summed E-state index contributed by atoms with van der Waals surface area (Å²) >= 11 is 0. The molecule has 11 heteroatoms. The molecule has 2 heterocycles. The summed E-state index contributed by atoms with van der Waals surface area (Å²) in [5.41, 5.74) is 0.347. The predicted molar refractivity (Wildman–Crippen MR) is 132 cm³/mol. The van der Waals surface area contributed by atoms with Crippen LogP contribution in [0.2, 0.25) is 0 Å². The molecule has 1 aromatic heterocycles. The Balaban J connectivity index is 1.46. The van der Waals surface area contributed by atoms with Crippen LogP contribution in [-0.4, -0.2) is 72.4 Å². The fourth-order valence-electron chi connectivity index (χ4n) is 3.86. The highest BCUT2D eigenvalue weighted by Crippen LogP contribution is 2.14. The van der Waals surface area contributed by atoms with Crippen molar-refractivity contribution in [1.82, 2.24) is 24.3 Å². The third-order valence-corrected chi connectivity index (χ3v) is 7.34. The molecule has 35 heavy (non-hydrogen) atoms. The number of aromatic nitrogens is 2. The number of nitrogens with one attached hydrogen (secondary N) is 1. The third-order valence-electron chi connectivity index (χ3n) is 5.78. The number of amides is 2. The van der Waals surface area contributed by atoms with Gasteiger partial charge in [0, 0.05) is 44.0 Å². The molecule has 182 valence electrons. The highest BCUT2D eigenvalue weighted by Gasteiger charge is 2.28. The van der Waals surface area contributed by atoms with Gasteiger partial charge in [-0.2, -0.15) is 9.40 Å². The van der Waals surface area contributed by atoms with E-state index in [0.717, 1.165) is 10.2 Å². The molecule has 0 saturated carbocycles. The van der Waals surface area contributed by atoms with E-state index >= 15 is 0 Å². The molecular weight excluding hydrogens is 470 g/mol. The van der Waals surface area contributed by atoms with E-state index in [1.807, 2.05) is 18.2 Å². The number of sulfonamides is 1. The number of carbonyl (C=O) groups is 2. The molecule has 3 aromatic rings. The SMILES string of the molecule is CNC(=O)c1nn(CC(=O)N2CCN(S(=O)(=O)/C=C/c3ccccc3)CC2)c(=O)c2ccccc12. The van der Waals surface area contributed by atoms with Gasteiger partial charge in [0.2, 0.25) is 15.9 Å². The number of piperazine rings is 1. The maximum atomic E-state index is 12.9. The summed E-state index contributed by atoms with van der Waals surface area (Å²) in [5, 5.41) is 8.50. The fraction of sp³-hybridized carbons (Fsp3) is 0.250. The first-order chi connectivity index (χ1) is 16.8. The van der Waals surface area contributed by atoms with E-state index in [4.69, 9.17) is 0 Å². The van der Waals surface area contributed by atoms with Crippen molar-refractivity contribution in [3.8, 4) is 0 Å². The molecule has 1 N–H and O–H groups in total. The van der Waals surface area contributed by atoms with Crippen LogP contribution in [0.25, 0.3) is 16.8 Å². The Morgan fingerprint density at radius 3 is 2.26 bits per heavy atom. The first kappa shape index (κ1) is 24.3. The minimum atomic E-state index is -3.64. The maximum absolute atomic E-state index is 12.9. The maximum Gasteiger partial charge on any atom is 0.275 e. The van der Waals surface area contributed by atoms with Gasteiger partial charge >= 0.3 is 0 Å². The average molecular weight is 496 g/mol. The average Bonchev–Trinajstić information content (AvgIpc) is 2.89. The Kier molecular flexibility index (Phi) is 7.08. The third kappa shape index (κ3) is 5.31. The van der Waals surface area contributed by atoms with Gasteiger partial charge in [0.1, 0.15) is 6.54 Å². The molecule has 0 bridgehead atoms. The molecule has 0 radical (unpaired) electrons. The summed E-state index contributed by atoms with van der Waals surface area (Å²) in [6.07, 6.45) is 1.54. The van der Waals surface area contributed by atoms with Crippen molar-refractivity contribution in [2.45, 2.75) is 6.54 Å². The van der Waals surface area contributed by atoms with E-state index in [2.05, 4.69) is 10.4 Å². The van der Waals surface area contributed by atoms with Gasteiger partial charge in [-0.25, -0.2) is 13.1 Å². The van der Waals surface area contributed by atoms with Crippen LogP contribution >= 0.6 is 0 Å². The number of carbonyl (C=O) groups excluding carboxylic acids is 2. The number of nitrogens with zero attached hydrogens (tertiary/aromatic N) is 4. The van der Waals surface area contributed by atoms with Crippen LogP contribution in [0, 0.1) is 0 Å². The minimum Gasteiger partial charge on any atom is -0.354 e. The zero-order valence-electron chi connectivity index (χ0n) is 19.1. The summed E-state index contributed by atoms with van der Waals surface area (Å²) in [4.78, 5) is 39.6. The Morgan fingerprint density at radius 2 is 1.60 bits per heavy atom. The molecule has 1 saturated heterocycles. The van der Waals surface area contributed by atoms with Crippen molar-refractivity contribution in [3.05, 3.63) is 81.6 Å². The van der Waals surface area contributed by atoms with E-state index < -0.39 is 21.5 Å². The van der Waals surface area contributed by atoms with Gasteiger partial charge < -0.3 is 10.2 Å². The molecule has 0 unspecified atom stereocenters. The van der Waals surface area contributed by atoms with Crippen LogP contribution in [0.5, 0.6) is 0 Å². The molecule has 2 aromatic carbocycles. The minimum absolute atomic E-state index is 0.0524. The summed E-state index contributed by atoms with van der Waals surface area (Å²) in [6.45, 7) is 0.283. The molecule has 0 aliphatic carbocycles. The van der Waals surface area contributed by atoms with Gasteiger partial charge in [0.15, 0.2) is 5.69 Å². The lowest BCUT2D eigenvalue weighted by atomic mass is 10.1. The van der Waals surface area contributed by atoms with Gasteiger partial charge in [-0.15, -0.1) is 0 Å². The van der Waals surface area contributed by atoms with Crippen LogP contribution in [0.1, 0.15) is 16.1 Å². The van der Waals surface area contributed by atoms with E-state index in [-0.39, 0.29) is 49.7 Å². The monoisotopic (exact) mass is 495 g/mol. The highest BCUT2D eigenvalue weighted by molar-refractivity contribution is 7.92. The van der Waals surface area contributed by atoms with Gasteiger partial charge in [-0.05, 0) is 17.7 Å². The van der Waals surface area contributed by atoms with Gasteiger partial charge in [-0.1, -0.05) is 48.5 Å². The largest absolute Gasteiger partial charge is 0.354 e. The Morgan fingerprint density at radius 1 is 0.971 bits per heavy atom. The van der Waals surface area contributed by atoms with Crippen LogP contribution in [0.4, 0.5) is 0 Å². The van der Waals surface area contributed by atoms with E-state index in [0.29, 0.717) is 5.39 Å². The van der Waals surface area contributed by atoms with Crippen molar-refractivity contribution in [1.29, 1.82) is 0 Å². The Hall–Kier alpha value is -3.83. The Bertz CT molecular complexity index is 1440. The normalized spacial score (nSPS) is 14.9. The predicted octanol–water partition coefficient (Wildman–Crippen LogP) is 0.901. The lowest BCUT2D eigenvalue weighted by molar-refractivity contribution is -0.133. The fourth-order valence-corrected chi connectivity index (χ4v) is 5.04. The Labute approximate surface area is 202 Å². The molecule has 0 spiro atoms.